The van der Waals surface area contributed by atoms with Crippen LogP contribution in [0.25, 0.3) is 0 Å². The normalized spacial score (nSPS) is 8.73. The van der Waals surface area contributed by atoms with Gasteiger partial charge in [0.25, 0.3) is 0 Å². The zero-order valence-electron chi connectivity index (χ0n) is 25.3. The van der Waals surface area contributed by atoms with Crippen LogP contribution in [0.5, 0.6) is 0 Å². The quantitative estimate of drug-likeness (QED) is 0.0814. The molecule has 0 amide bonds. The Balaban J connectivity index is -0.0000000526. The Morgan fingerprint density at radius 3 is 0.694 bits per heavy atom. The lowest BCUT2D eigenvalue weighted by Crippen LogP contribution is -2.25. The number of Topliss-reactive ketones (excluding diaryl/α,β-unsaturated/α-hetero) is 1. The summed E-state index contributed by atoms with van der Waals surface area (Å²) in [5.41, 5.74) is 14.0. The summed E-state index contributed by atoms with van der Waals surface area (Å²) in [5, 5.41) is 91.0. The number of hydrogen-bond donors (Lipinski definition) is 15. The minimum Gasteiger partial charge on any atom is -0.480 e. The van der Waals surface area contributed by atoms with E-state index in [-0.39, 0.29) is 25.7 Å². The summed E-state index contributed by atoms with van der Waals surface area (Å²) < 4.78 is 0. The van der Waals surface area contributed by atoms with Gasteiger partial charge in [0.2, 0.25) is 18.4 Å². The summed E-state index contributed by atoms with van der Waals surface area (Å²) in [4.78, 5) is 120. The van der Waals surface area contributed by atoms with Crippen LogP contribution in [0.1, 0.15) is 20.8 Å². The maximum absolute atomic E-state index is 9.57. The number of ketones is 1. The molecule has 2 atom stereocenters. The van der Waals surface area contributed by atoms with Crippen molar-refractivity contribution in [3.63, 3.8) is 0 Å². The van der Waals surface area contributed by atoms with E-state index in [0.29, 0.717) is 0 Å². The predicted molar refractivity (Wildman–Crippen MR) is 150 cm³/mol. The SMILES string of the molecule is CC(=O)C(=O)O.CC(N)C(=O)O.CC(O)C(=O)O.NCC(=O)O.NCC(=O)O.O=C(O)C(=O)O.O=C(O)CO.O=CC(=O)O.O=CC(=O)O. The van der Waals surface area contributed by atoms with E-state index in [0.717, 1.165) is 6.92 Å². The highest BCUT2D eigenvalue weighted by Gasteiger charge is 2.04. The third kappa shape index (κ3) is 170. The van der Waals surface area contributed by atoms with Crippen molar-refractivity contribution in [3.05, 3.63) is 0 Å². The van der Waals surface area contributed by atoms with Crippen LogP contribution in [0, 0.1) is 0 Å². The van der Waals surface area contributed by atoms with Crippen LogP contribution < -0.4 is 17.2 Å². The molecule has 0 spiro atoms. The van der Waals surface area contributed by atoms with Crippen molar-refractivity contribution in [2.75, 3.05) is 19.7 Å². The Morgan fingerprint density at radius 2 is 0.694 bits per heavy atom. The lowest BCUT2D eigenvalue weighted by molar-refractivity contribution is -0.159. The first-order chi connectivity index (χ1) is 21.9. The molecule has 0 aliphatic heterocycles. The molecule has 18 N–H and O–H groups in total. The summed E-state index contributed by atoms with van der Waals surface area (Å²) in [6.07, 6.45) is -1.56. The van der Waals surface area contributed by atoms with Crippen LogP contribution in [0.15, 0.2) is 0 Å². The number of carbonyl (C=O) groups is 13. The van der Waals surface area contributed by atoms with Crippen molar-refractivity contribution in [2.45, 2.75) is 32.9 Å². The molecule has 0 aromatic carbocycles. The Labute approximate surface area is 272 Å². The van der Waals surface area contributed by atoms with E-state index in [1.807, 2.05) is 0 Å². The summed E-state index contributed by atoms with van der Waals surface area (Å²) in [6, 6.07) is -0.731. The standard InChI is InChI=1S/C3H7NO2.C3H6O3.C3H4O3.2C2H5NO2.C2H2O4.C2H4O3.2C2H2O3/c3*1-2(4)3(5)6;2*3-1-2(4)5;3-1(4)2(5)6;3*3-1-2(4)5/h2H,4H2,1H3,(H,5,6);2,4H,1H3,(H,5,6);1H3,(H,5,6);2*1,3H2,(H,4,5);(H,3,4)(H,5,6);3H,1H2,(H,4,5);2*1H,(H,4,5). The first-order valence-corrected chi connectivity index (χ1v) is 11.0. The predicted octanol–water partition coefficient (Wildman–Crippen LogP) is -6.65. The molecule has 0 aromatic rings. The number of hydrogen-bond acceptors (Lipinski definition) is 18. The molecule has 0 aromatic heterocycles. The summed E-state index contributed by atoms with van der Waals surface area (Å²) in [7, 11) is 0. The zero-order chi connectivity index (χ0) is 42.0. The molecule has 49 heavy (non-hydrogen) atoms. The van der Waals surface area contributed by atoms with Gasteiger partial charge < -0.3 is 78.5 Å². The molecule has 0 aliphatic carbocycles. The smallest absolute Gasteiger partial charge is 0.414 e. The lowest BCUT2D eigenvalue weighted by Gasteiger charge is -1.90. The van der Waals surface area contributed by atoms with Gasteiger partial charge in [-0.1, -0.05) is 0 Å². The van der Waals surface area contributed by atoms with Crippen LogP contribution in [-0.4, -0.2) is 171 Å². The van der Waals surface area contributed by atoms with Gasteiger partial charge >= 0.3 is 59.7 Å². The summed E-state index contributed by atoms with van der Waals surface area (Å²) in [5.74, 6) is -14.0. The highest BCUT2D eigenvalue weighted by molar-refractivity contribution is 6.31. The Bertz CT molecular complexity index is 920. The minimum absolute atomic E-state index is 0.167. The molecule has 0 bridgehead atoms. The van der Waals surface area contributed by atoms with E-state index in [2.05, 4.69) is 11.5 Å². The molecular formula is C21H37N3O25. The third-order valence-corrected chi connectivity index (χ3v) is 1.92. The third-order valence-electron chi connectivity index (χ3n) is 1.92. The fraction of sp³-hybridized carbons (Fsp3) is 0.381. The number of aliphatic hydroxyl groups is 2. The van der Waals surface area contributed by atoms with Crippen molar-refractivity contribution in [3.8, 4) is 0 Å². The van der Waals surface area contributed by atoms with Gasteiger partial charge in [-0.3, -0.25) is 28.8 Å². The van der Waals surface area contributed by atoms with Gasteiger partial charge in [0.05, 0.1) is 13.1 Å². The maximum Gasteiger partial charge on any atom is 0.414 e. The average molecular weight is 732 g/mol. The van der Waals surface area contributed by atoms with Crippen molar-refractivity contribution in [1.29, 1.82) is 0 Å². The van der Waals surface area contributed by atoms with E-state index in [4.69, 9.17) is 101 Å². The molecule has 28 nitrogen and oxygen atoms in total. The largest absolute Gasteiger partial charge is 0.480 e. The van der Waals surface area contributed by atoms with Crippen LogP contribution in [0.3, 0.4) is 0 Å². The molecule has 0 fully saturated rings. The molecule has 2 unspecified atom stereocenters. The zero-order valence-corrected chi connectivity index (χ0v) is 25.3. The summed E-state index contributed by atoms with van der Waals surface area (Å²) >= 11 is 0. The number of carboxylic acid groups (broad SMARTS) is 10. The number of aliphatic carboxylic acids is 10. The molecule has 0 radical (unpaired) electrons. The van der Waals surface area contributed by atoms with Gasteiger partial charge in [-0.05, 0) is 13.8 Å². The Kier molecular flexibility index (Phi) is 64.5. The number of nitrogens with two attached hydrogens (primary N) is 3. The van der Waals surface area contributed by atoms with E-state index in [1.54, 1.807) is 0 Å². The highest BCUT2D eigenvalue weighted by Crippen LogP contribution is 1.73. The molecule has 0 rings (SSSR count). The van der Waals surface area contributed by atoms with Crippen molar-refractivity contribution < 1.29 is 124 Å². The average Bonchev–Trinajstić information content (AvgIpc) is 2.99. The lowest BCUT2D eigenvalue weighted by atomic mass is 10.4. The topological polar surface area (TPSA) is 543 Å². The molecule has 0 heterocycles. The van der Waals surface area contributed by atoms with Gasteiger partial charge in [-0.15, -0.1) is 0 Å². The van der Waals surface area contributed by atoms with E-state index >= 15 is 0 Å². The fourth-order valence-corrected chi connectivity index (χ4v) is 0. The molecule has 0 saturated carbocycles. The second-order valence-electron chi connectivity index (χ2n) is 6.27. The molecular weight excluding hydrogens is 694 g/mol. The van der Waals surface area contributed by atoms with Gasteiger partial charge in [-0.2, -0.15) is 0 Å². The van der Waals surface area contributed by atoms with Crippen LogP contribution in [-0.2, 0) is 62.3 Å². The maximum atomic E-state index is 9.57. The number of carboxylic acids is 10. The van der Waals surface area contributed by atoms with Crippen molar-refractivity contribution in [1.82, 2.24) is 0 Å². The fourth-order valence-electron chi connectivity index (χ4n) is 0. The molecule has 0 saturated heterocycles. The molecule has 286 valence electrons. The number of aliphatic hydroxyl groups excluding tert-OH is 2. The van der Waals surface area contributed by atoms with E-state index < -0.39 is 84.2 Å². The first kappa shape index (κ1) is 65.2. The number of carbonyl (C=O) groups excluding carboxylic acids is 3. The Morgan fingerprint density at radius 1 is 0.551 bits per heavy atom. The molecule has 0 aliphatic rings. The number of aldehydes is 2. The van der Waals surface area contributed by atoms with Crippen molar-refractivity contribution in [2.24, 2.45) is 17.2 Å². The van der Waals surface area contributed by atoms with Crippen molar-refractivity contribution >= 4 is 78.0 Å². The van der Waals surface area contributed by atoms with Gasteiger partial charge in [0.1, 0.15) is 18.8 Å². The van der Waals surface area contributed by atoms with E-state index in [1.165, 1.54) is 13.8 Å². The van der Waals surface area contributed by atoms with Crippen LogP contribution >= 0.6 is 0 Å². The Hall–Kier alpha value is -6.49. The van der Waals surface area contributed by atoms with E-state index in [9.17, 15) is 28.8 Å². The van der Waals surface area contributed by atoms with Gasteiger partial charge in [-0.25, -0.2) is 33.6 Å². The highest BCUT2D eigenvalue weighted by atomic mass is 16.4. The second-order valence-corrected chi connectivity index (χ2v) is 6.27. The van der Waals surface area contributed by atoms with Crippen LogP contribution in [0.4, 0.5) is 0 Å². The van der Waals surface area contributed by atoms with Crippen LogP contribution in [0.2, 0.25) is 0 Å². The van der Waals surface area contributed by atoms with Gasteiger partial charge in [0.15, 0.2) is 0 Å². The minimum atomic E-state index is -1.82. The second kappa shape index (κ2) is 48.4. The monoisotopic (exact) mass is 731 g/mol. The summed E-state index contributed by atoms with van der Waals surface area (Å²) in [6.45, 7) is 2.28. The first-order valence-electron chi connectivity index (χ1n) is 11.0. The van der Waals surface area contributed by atoms with Gasteiger partial charge in [0, 0.05) is 6.92 Å². The number of rotatable bonds is 8. The molecule has 28 heteroatoms.